The summed E-state index contributed by atoms with van der Waals surface area (Å²) < 4.78 is 10.4. The number of nitrogens with one attached hydrogen (secondary N) is 1. The molecule has 0 rings (SSSR count). The van der Waals surface area contributed by atoms with Crippen molar-refractivity contribution in [2.24, 2.45) is 0 Å². The molecule has 0 saturated carbocycles. The van der Waals surface area contributed by atoms with Gasteiger partial charge < -0.3 is 14.8 Å². The van der Waals surface area contributed by atoms with Crippen LogP contribution < -0.4 is 5.32 Å². The van der Waals surface area contributed by atoms with Crippen molar-refractivity contribution in [3.63, 3.8) is 0 Å². The molecule has 0 aliphatic rings. The average molecular weight is 217 g/mol. The Hall–Kier alpha value is -0.120. The van der Waals surface area contributed by atoms with Gasteiger partial charge in [-0.05, 0) is 46.6 Å². The standard InChI is InChI=1S/C12H27NO2/c1-11(10-12(2,3)15-5)13-8-6-7-9-14-4/h11,13H,6-10H2,1-5H3. The Morgan fingerprint density at radius 1 is 1.20 bits per heavy atom. The van der Waals surface area contributed by atoms with Crippen molar-refractivity contribution in [1.29, 1.82) is 0 Å². The van der Waals surface area contributed by atoms with Crippen molar-refractivity contribution in [2.75, 3.05) is 27.4 Å². The smallest absolute Gasteiger partial charge is 0.0637 e. The first-order valence-corrected chi connectivity index (χ1v) is 5.79. The molecular formula is C12H27NO2. The highest BCUT2D eigenvalue weighted by Crippen LogP contribution is 2.15. The molecule has 0 radical (unpaired) electrons. The summed E-state index contributed by atoms with van der Waals surface area (Å²) in [6, 6.07) is 0.502. The quantitative estimate of drug-likeness (QED) is 0.601. The maximum atomic E-state index is 5.39. The molecule has 0 fully saturated rings. The van der Waals surface area contributed by atoms with E-state index >= 15 is 0 Å². The van der Waals surface area contributed by atoms with Gasteiger partial charge in [-0.3, -0.25) is 0 Å². The SMILES string of the molecule is COCCCCNC(C)CC(C)(C)OC. The Bertz CT molecular complexity index is 149. The van der Waals surface area contributed by atoms with Gasteiger partial charge in [0.05, 0.1) is 5.60 Å². The van der Waals surface area contributed by atoms with Crippen molar-refractivity contribution < 1.29 is 9.47 Å². The van der Waals surface area contributed by atoms with E-state index in [1.807, 2.05) is 0 Å². The van der Waals surface area contributed by atoms with Gasteiger partial charge in [0.15, 0.2) is 0 Å². The van der Waals surface area contributed by atoms with Crippen LogP contribution >= 0.6 is 0 Å². The van der Waals surface area contributed by atoms with Gasteiger partial charge in [-0.25, -0.2) is 0 Å². The van der Waals surface area contributed by atoms with Gasteiger partial charge in [-0.2, -0.15) is 0 Å². The number of methoxy groups -OCH3 is 2. The van der Waals surface area contributed by atoms with Crippen LogP contribution in [0.5, 0.6) is 0 Å². The van der Waals surface area contributed by atoms with E-state index in [-0.39, 0.29) is 5.60 Å². The lowest BCUT2D eigenvalue weighted by Gasteiger charge is -2.27. The first-order valence-electron chi connectivity index (χ1n) is 5.79. The molecule has 0 aromatic heterocycles. The van der Waals surface area contributed by atoms with Gasteiger partial charge in [-0.1, -0.05) is 0 Å². The molecule has 15 heavy (non-hydrogen) atoms. The molecular weight excluding hydrogens is 190 g/mol. The van der Waals surface area contributed by atoms with E-state index < -0.39 is 0 Å². The predicted molar refractivity (Wildman–Crippen MR) is 64.3 cm³/mol. The normalized spacial score (nSPS) is 14.2. The molecule has 0 bridgehead atoms. The average Bonchev–Trinajstić information content (AvgIpc) is 2.17. The van der Waals surface area contributed by atoms with E-state index in [9.17, 15) is 0 Å². The van der Waals surface area contributed by atoms with E-state index in [0.717, 1.165) is 26.0 Å². The first-order chi connectivity index (χ1) is 7.02. The van der Waals surface area contributed by atoms with Crippen LogP contribution in [-0.4, -0.2) is 39.0 Å². The van der Waals surface area contributed by atoms with Crippen LogP contribution in [0.2, 0.25) is 0 Å². The molecule has 3 heteroatoms. The van der Waals surface area contributed by atoms with Gasteiger partial charge in [-0.15, -0.1) is 0 Å². The summed E-state index contributed by atoms with van der Waals surface area (Å²) in [6.45, 7) is 8.37. The fourth-order valence-corrected chi connectivity index (χ4v) is 1.61. The summed E-state index contributed by atoms with van der Waals surface area (Å²) in [5.41, 5.74) is -0.0288. The van der Waals surface area contributed by atoms with Crippen molar-refractivity contribution in [3.05, 3.63) is 0 Å². The molecule has 1 N–H and O–H groups in total. The first kappa shape index (κ1) is 14.9. The summed E-state index contributed by atoms with van der Waals surface area (Å²) in [5.74, 6) is 0. The summed E-state index contributed by atoms with van der Waals surface area (Å²) in [6.07, 6.45) is 3.34. The third kappa shape index (κ3) is 8.85. The van der Waals surface area contributed by atoms with Crippen molar-refractivity contribution in [2.45, 2.75) is 51.7 Å². The van der Waals surface area contributed by atoms with E-state index in [1.54, 1.807) is 14.2 Å². The molecule has 92 valence electrons. The lowest BCUT2D eigenvalue weighted by atomic mass is 10.00. The molecule has 0 aliphatic carbocycles. The van der Waals surface area contributed by atoms with Crippen molar-refractivity contribution in [3.8, 4) is 0 Å². The van der Waals surface area contributed by atoms with Crippen LogP contribution in [0.25, 0.3) is 0 Å². The zero-order valence-electron chi connectivity index (χ0n) is 10.9. The number of ether oxygens (including phenoxy) is 2. The highest BCUT2D eigenvalue weighted by molar-refractivity contribution is 4.75. The van der Waals surface area contributed by atoms with Gasteiger partial charge >= 0.3 is 0 Å². The molecule has 0 saturated heterocycles. The Balaban J connectivity index is 3.45. The van der Waals surface area contributed by atoms with Crippen LogP contribution in [0, 0.1) is 0 Å². The molecule has 1 atom stereocenters. The van der Waals surface area contributed by atoms with E-state index in [2.05, 4.69) is 26.1 Å². The highest BCUT2D eigenvalue weighted by atomic mass is 16.5. The van der Waals surface area contributed by atoms with Gasteiger partial charge in [0, 0.05) is 26.9 Å². The second-order valence-electron chi connectivity index (χ2n) is 4.72. The van der Waals surface area contributed by atoms with Crippen LogP contribution in [0.1, 0.15) is 40.0 Å². The van der Waals surface area contributed by atoms with Gasteiger partial charge in [0.1, 0.15) is 0 Å². The molecule has 1 unspecified atom stereocenters. The number of unbranched alkanes of at least 4 members (excludes halogenated alkanes) is 1. The van der Waals surface area contributed by atoms with Crippen LogP contribution in [0.3, 0.4) is 0 Å². The molecule has 0 aromatic carbocycles. The van der Waals surface area contributed by atoms with E-state index in [0.29, 0.717) is 6.04 Å². The highest BCUT2D eigenvalue weighted by Gasteiger charge is 2.19. The molecule has 0 spiro atoms. The maximum absolute atomic E-state index is 5.39. The van der Waals surface area contributed by atoms with Crippen molar-refractivity contribution >= 4 is 0 Å². The summed E-state index contributed by atoms with van der Waals surface area (Å²) in [7, 11) is 3.52. The predicted octanol–water partition coefficient (Wildman–Crippen LogP) is 2.21. The minimum Gasteiger partial charge on any atom is -0.385 e. The Morgan fingerprint density at radius 2 is 1.87 bits per heavy atom. The molecule has 0 amide bonds. The largest absolute Gasteiger partial charge is 0.385 e. The minimum absolute atomic E-state index is 0.0288. The third-order valence-electron chi connectivity index (χ3n) is 2.62. The lowest BCUT2D eigenvalue weighted by molar-refractivity contribution is 0.00856. The van der Waals surface area contributed by atoms with Crippen LogP contribution in [0.15, 0.2) is 0 Å². The third-order valence-corrected chi connectivity index (χ3v) is 2.62. The topological polar surface area (TPSA) is 30.5 Å². The van der Waals surface area contributed by atoms with Crippen LogP contribution in [-0.2, 0) is 9.47 Å². The minimum atomic E-state index is -0.0288. The molecule has 0 aromatic rings. The van der Waals surface area contributed by atoms with E-state index in [4.69, 9.17) is 9.47 Å². The second kappa shape index (κ2) is 8.08. The summed E-state index contributed by atoms with van der Waals surface area (Å²) in [5, 5.41) is 3.50. The van der Waals surface area contributed by atoms with Gasteiger partial charge in [0.25, 0.3) is 0 Å². The monoisotopic (exact) mass is 217 g/mol. The lowest BCUT2D eigenvalue weighted by Crippen LogP contribution is -2.36. The Kier molecular flexibility index (Phi) is 8.02. The molecule has 3 nitrogen and oxygen atoms in total. The van der Waals surface area contributed by atoms with E-state index in [1.165, 1.54) is 6.42 Å². The fourth-order valence-electron chi connectivity index (χ4n) is 1.61. The second-order valence-corrected chi connectivity index (χ2v) is 4.72. The van der Waals surface area contributed by atoms with Crippen molar-refractivity contribution in [1.82, 2.24) is 5.32 Å². The zero-order valence-corrected chi connectivity index (χ0v) is 10.9. The summed E-state index contributed by atoms with van der Waals surface area (Å²) >= 11 is 0. The Labute approximate surface area is 94.5 Å². The fraction of sp³-hybridized carbons (Fsp3) is 1.00. The zero-order chi connectivity index (χ0) is 11.7. The summed E-state index contributed by atoms with van der Waals surface area (Å²) in [4.78, 5) is 0. The Morgan fingerprint density at radius 3 is 2.40 bits per heavy atom. The number of hydrogen-bond acceptors (Lipinski definition) is 3. The molecule has 0 aliphatic heterocycles. The number of hydrogen-bond donors (Lipinski definition) is 1. The van der Waals surface area contributed by atoms with Gasteiger partial charge in [0.2, 0.25) is 0 Å². The van der Waals surface area contributed by atoms with Crippen LogP contribution in [0.4, 0.5) is 0 Å². The molecule has 0 heterocycles. The maximum Gasteiger partial charge on any atom is 0.0637 e. The number of rotatable bonds is 9.